The van der Waals surface area contributed by atoms with E-state index in [0.29, 0.717) is 5.38 Å². The highest BCUT2D eigenvalue weighted by molar-refractivity contribution is 7.92. The molecule has 194 valence electrons. The predicted molar refractivity (Wildman–Crippen MR) is 72.2 cm³/mol. The number of sulfone groups is 1. The van der Waals surface area contributed by atoms with Crippen LogP contribution in [0.2, 0.25) is 0 Å². The molecule has 0 unspecified atom stereocenters. The third-order valence-corrected chi connectivity index (χ3v) is 6.47. The molecule has 0 N–H and O–H groups in total. The van der Waals surface area contributed by atoms with E-state index in [0.717, 1.165) is 0 Å². The Kier molecular flexibility index (Phi) is 6.68. The molecule has 1 aromatic rings. The second-order valence-corrected chi connectivity index (χ2v) is 8.69. The zero-order valence-electron chi connectivity index (χ0n) is 14.3. The fraction of sp³-hybridized carbons (Fsp3) is 0.667. The Labute approximate surface area is 173 Å². The highest BCUT2D eigenvalue weighted by Gasteiger charge is 2.96. The van der Waals surface area contributed by atoms with E-state index in [1.807, 2.05) is 0 Å². The van der Waals surface area contributed by atoms with Crippen LogP contribution in [0.3, 0.4) is 0 Å². The minimum atomic E-state index is -8.82. The Morgan fingerprint density at radius 2 is 0.879 bits per heavy atom. The number of rotatable bonds is 8. The quantitative estimate of drug-likeness (QED) is 0.338. The van der Waals surface area contributed by atoms with Crippen LogP contribution in [0.4, 0.5) is 74.6 Å². The molecule has 0 radical (unpaired) electrons. The summed E-state index contributed by atoms with van der Waals surface area (Å²) in [5.74, 6) is -51.5. The molecule has 1 rings (SSSR count). The van der Waals surface area contributed by atoms with Gasteiger partial charge in [0.15, 0.2) is 0 Å². The Morgan fingerprint density at radius 1 is 0.545 bits per heavy atom. The highest BCUT2D eigenvalue weighted by Crippen LogP contribution is 2.64. The number of halogens is 17. The zero-order valence-corrected chi connectivity index (χ0v) is 15.9. The lowest BCUT2D eigenvalue weighted by Crippen LogP contribution is -2.74. The molecule has 1 heterocycles. The molecular weight excluding hydrogens is 563 g/mol. The van der Waals surface area contributed by atoms with Gasteiger partial charge in [-0.1, -0.05) is 0 Å². The van der Waals surface area contributed by atoms with Gasteiger partial charge in [-0.15, -0.1) is 0 Å². The number of hydrogen-bond donors (Lipinski definition) is 0. The predicted octanol–water partition coefficient (Wildman–Crippen LogP) is 6.49. The van der Waals surface area contributed by atoms with Crippen molar-refractivity contribution in [3.63, 3.8) is 0 Å². The summed E-state index contributed by atoms with van der Waals surface area (Å²) in [7, 11) is -7.18. The average Bonchev–Trinajstić information content (AvgIpc) is 3.14. The third-order valence-electron chi connectivity index (χ3n) is 3.84. The van der Waals surface area contributed by atoms with Crippen LogP contribution in [0.1, 0.15) is 0 Å². The summed E-state index contributed by atoms with van der Waals surface area (Å²) in [6, 6.07) is 0.00686. The molecule has 0 aliphatic carbocycles. The summed E-state index contributed by atoms with van der Waals surface area (Å²) >= 11 is 0.117. The van der Waals surface area contributed by atoms with Crippen molar-refractivity contribution in [2.45, 2.75) is 51.9 Å². The van der Waals surface area contributed by atoms with E-state index in [1.54, 1.807) is 0 Å². The summed E-state index contributed by atoms with van der Waals surface area (Å²) < 4.78 is 246. The van der Waals surface area contributed by atoms with Crippen molar-refractivity contribution >= 4 is 21.2 Å². The van der Waals surface area contributed by atoms with Crippen molar-refractivity contribution in [2.24, 2.45) is 0 Å². The maximum Gasteiger partial charge on any atom is 0.460 e. The van der Waals surface area contributed by atoms with Crippen LogP contribution in [-0.4, -0.2) is 55.4 Å². The molecule has 33 heavy (non-hydrogen) atoms. The summed E-state index contributed by atoms with van der Waals surface area (Å²) in [5.41, 5.74) is 0. The van der Waals surface area contributed by atoms with Gasteiger partial charge < -0.3 is 0 Å². The Hall–Kier alpha value is -1.54. The van der Waals surface area contributed by atoms with Crippen molar-refractivity contribution in [1.82, 2.24) is 0 Å². The fourth-order valence-electron chi connectivity index (χ4n) is 1.87. The summed E-state index contributed by atoms with van der Waals surface area (Å²) in [6.07, 6.45) is -7.86. The Balaban J connectivity index is 3.77. The average molecular weight is 566 g/mol. The van der Waals surface area contributed by atoms with Crippen molar-refractivity contribution in [2.75, 3.05) is 0 Å². The van der Waals surface area contributed by atoms with Gasteiger partial charge in [-0.05, 0) is 11.4 Å². The maximum absolute atomic E-state index is 13.8. The topological polar surface area (TPSA) is 34.1 Å². The fourth-order valence-corrected chi connectivity index (χ4v) is 4.16. The van der Waals surface area contributed by atoms with E-state index in [4.69, 9.17) is 0 Å². The molecule has 0 bridgehead atoms. The van der Waals surface area contributed by atoms with E-state index in [9.17, 15) is 83.1 Å². The Morgan fingerprint density at radius 3 is 1.18 bits per heavy atom. The van der Waals surface area contributed by atoms with Crippen molar-refractivity contribution < 1.29 is 83.1 Å². The normalized spacial score (nSPS) is 16.3. The largest absolute Gasteiger partial charge is 0.460 e. The minimum Gasteiger partial charge on any atom is -0.217 e. The lowest BCUT2D eigenvalue weighted by molar-refractivity contribution is -0.458. The molecule has 1 aromatic heterocycles. The van der Waals surface area contributed by atoms with Gasteiger partial charge in [0.05, 0.1) is 4.90 Å². The van der Waals surface area contributed by atoms with Gasteiger partial charge in [0.2, 0.25) is 0 Å². The molecule has 0 saturated carbocycles. The zero-order chi connectivity index (χ0) is 26.9. The monoisotopic (exact) mass is 566 g/mol. The van der Waals surface area contributed by atoms with Crippen molar-refractivity contribution in [3.8, 4) is 0 Å². The van der Waals surface area contributed by atoms with Gasteiger partial charge in [-0.25, -0.2) is 8.42 Å². The van der Waals surface area contributed by atoms with Crippen LogP contribution in [0, 0.1) is 0 Å². The first kappa shape index (κ1) is 29.5. The number of alkyl halides is 17. The second kappa shape index (κ2) is 7.48. The van der Waals surface area contributed by atoms with Gasteiger partial charge in [0.25, 0.3) is 9.84 Å². The van der Waals surface area contributed by atoms with Crippen LogP contribution in [0.15, 0.2) is 21.7 Å². The maximum atomic E-state index is 13.8. The molecule has 0 aromatic carbocycles. The van der Waals surface area contributed by atoms with E-state index < -0.39 is 61.7 Å². The molecule has 21 heteroatoms. The second-order valence-electron chi connectivity index (χ2n) is 5.92. The third kappa shape index (κ3) is 3.54. The molecule has 0 amide bonds. The standard InChI is InChI=1S/C12H3F17O2S2/c13-5(14,7(17,18)9(21,22)11(25,26)27)6(15,16)8(19,20)10(23,24)12(28,29)33(30,31)4-1-2-32-3-4/h1-3H. The van der Waals surface area contributed by atoms with E-state index >= 15 is 0 Å². The lowest BCUT2D eigenvalue weighted by atomic mass is 9.91. The van der Waals surface area contributed by atoms with Gasteiger partial charge in [0, 0.05) is 5.38 Å². The molecule has 0 atom stereocenters. The smallest absolute Gasteiger partial charge is 0.217 e. The number of thiophene rings is 1. The number of hydrogen-bond acceptors (Lipinski definition) is 3. The molecule has 2 nitrogen and oxygen atoms in total. The van der Waals surface area contributed by atoms with Crippen LogP contribution in [-0.2, 0) is 9.84 Å². The van der Waals surface area contributed by atoms with E-state index in [2.05, 4.69) is 0 Å². The molecule has 0 aliphatic heterocycles. The van der Waals surface area contributed by atoms with Crippen LogP contribution in [0.5, 0.6) is 0 Å². The van der Waals surface area contributed by atoms with Gasteiger partial charge >= 0.3 is 47.0 Å². The summed E-state index contributed by atoms with van der Waals surface area (Å²) in [5, 5.41) is -6.95. The first-order chi connectivity index (χ1) is 14.1. The molecule has 0 saturated heterocycles. The van der Waals surface area contributed by atoms with Gasteiger partial charge in [-0.3, -0.25) is 0 Å². The highest BCUT2D eigenvalue weighted by atomic mass is 32.2. The van der Waals surface area contributed by atoms with Crippen molar-refractivity contribution in [3.05, 3.63) is 16.8 Å². The van der Waals surface area contributed by atoms with E-state index in [1.165, 1.54) is 0 Å². The van der Waals surface area contributed by atoms with Gasteiger partial charge in [-0.2, -0.15) is 86.0 Å². The van der Waals surface area contributed by atoms with Crippen LogP contribution >= 0.6 is 11.3 Å². The van der Waals surface area contributed by atoms with E-state index in [-0.39, 0.29) is 22.8 Å². The first-order valence-corrected chi connectivity index (χ1v) is 9.51. The molecule has 0 fully saturated rings. The first-order valence-electron chi connectivity index (χ1n) is 7.09. The minimum absolute atomic E-state index is 0.00686. The summed E-state index contributed by atoms with van der Waals surface area (Å²) in [4.78, 5) is -1.98. The summed E-state index contributed by atoms with van der Waals surface area (Å²) in [6.45, 7) is 0. The molecular formula is C12H3F17O2S2. The van der Waals surface area contributed by atoms with Gasteiger partial charge in [0.1, 0.15) is 0 Å². The molecule has 0 spiro atoms. The SMILES string of the molecule is O=S(=O)(c1ccsc1)C(F)(F)C(F)(F)C(F)(F)C(F)(F)C(F)(F)C(F)(F)C(F)(F)C(F)(F)F. The Bertz CT molecular complexity index is 959. The lowest BCUT2D eigenvalue weighted by Gasteiger charge is -2.42. The van der Waals surface area contributed by atoms with Crippen molar-refractivity contribution in [1.29, 1.82) is 0 Å². The van der Waals surface area contributed by atoms with Crippen LogP contribution < -0.4 is 0 Å². The van der Waals surface area contributed by atoms with Crippen LogP contribution in [0.25, 0.3) is 0 Å². The molecule has 0 aliphatic rings.